The number of nitrogen functional groups attached to an aromatic ring is 1. The van der Waals surface area contributed by atoms with E-state index >= 15 is 0 Å². The Morgan fingerprint density at radius 2 is 1.88 bits per heavy atom. The van der Waals surface area contributed by atoms with E-state index in [9.17, 15) is 4.79 Å². The van der Waals surface area contributed by atoms with Crippen molar-refractivity contribution in [1.82, 2.24) is 4.98 Å². The molecule has 1 heterocycles. The largest absolute Gasteiger partial charge is 0.382 e. The maximum Gasteiger partial charge on any atom is 0.206 e. The number of anilines is 3. The number of rotatable bonds is 4. The molecule has 0 saturated heterocycles. The highest BCUT2D eigenvalue weighted by Crippen LogP contribution is 2.31. The van der Waals surface area contributed by atoms with Crippen LogP contribution in [0.3, 0.4) is 0 Å². The third-order valence-corrected chi connectivity index (χ3v) is 5.05. The van der Waals surface area contributed by atoms with Gasteiger partial charge in [-0.2, -0.15) is 0 Å². The lowest BCUT2D eigenvalue weighted by Crippen LogP contribution is -2.02. The number of carbonyl (C=O) groups is 1. The van der Waals surface area contributed by atoms with Gasteiger partial charge in [0.1, 0.15) is 10.7 Å². The average Bonchev–Trinajstić information content (AvgIpc) is 2.92. The minimum atomic E-state index is -0.157. The summed E-state index contributed by atoms with van der Waals surface area (Å²) in [5.41, 5.74) is 9.75. The Bertz CT molecular complexity index is 903. The zero-order chi connectivity index (χ0) is 17.3. The molecule has 0 amide bonds. The van der Waals surface area contributed by atoms with Crippen molar-refractivity contribution in [3.8, 4) is 0 Å². The molecule has 0 aliphatic rings. The predicted molar refractivity (Wildman–Crippen MR) is 101 cm³/mol. The van der Waals surface area contributed by atoms with E-state index in [1.807, 2.05) is 32.0 Å². The number of nitrogens with one attached hydrogen (secondary N) is 1. The lowest BCUT2D eigenvalue weighted by molar-refractivity contribution is 0.104. The Labute approximate surface area is 149 Å². The quantitative estimate of drug-likeness (QED) is 0.647. The number of nitrogens with zero attached hydrogens (tertiary/aromatic N) is 1. The van der Waals surface area contributed by atoms with Crippen LogP contribution in [0.4, 0.5) is 16.6 Å². The molecule has 1 aromatic heterocycles. The summed E-state index contributed by atoms with van der Waals surface area (Å²) in [5.74, 6) is 0.0726. The smallest absolute Gasteiger partial charge is 0.206 e. The van der Waals surface area contributed by atoms with Crippen LogP contribution in [0.5, 0.6) is 0 Å². The van der Waals surface area contributed by atoms with Crippen LogP contribution >= 0.6 is 22.9 Å². The Hall–Kier alpha value is -2.37. The zero-order valence-corrected chi connectivity index (χ0v) is 14.8. The molecule has 3 N–H and O–H groups in total. The first-order chi connectivity index (χ1) is 11.5. The first-order valence-electron chi connectivity index (χ1n) is 7.35. The Morgan fingerprint density at radius 1 is 1.17 bits per heavy atom. The van der Waals surface area contributed by atoms with Gasteiger partial charge in [0, 0.05) is 16.3 Å². The standard InChI is InChI=1S/C18H16ClN3OS/c1-10-4-3-5-14(11(10)2)21-18-22-17(20)16(24-18)15(23)12-6-8-13(19)9-7-12/h3-9H,20H2,1-2H3,(H,21,22). The van der Waals surface area contributed by atoms with Crippen molar-refractivity contribution in [2.45, 2.75) is 13.8 Å². The second kappa shape index (κ2) is 6.63. The molecule has 4 nitrogen and oxygen atoms in total. The number of aromatic nitrogens is 1. The lowest BCUT2D eigenvalue weighted by atomic mass is 10.1. The van der Waals surface area contributed by atoms with Crippen molar-refractivity contribution in [1.29, 1.82) is 0 Å². The molecule has 6 heteroatoms. The number of hydrogen-bond acceptors (Lipinski definition) is 5. The molecule has 3 rings (SSSR count). The number of carbonyl (C=O) groups excluding carboxylic acids is 1. The van der Waals surface area contributed by atoms with E-state index in [1.54, 1.807) is 24.3 Å². The van der Waals surface area contributed by atoms with Crippen molar-refractivity contribution < 1.29 is 4.79 Å². The summed E-state index contributed by atoms with van der Waals surface area (Å²) in [6.07, 6.45) is 0. The number of benzene rings is 2. The van der Waals surface area contributed by atoms with Crippen molar-refractivity contribution >= 4 is 45.4 Å². The van der Waals surface area contributed by atoms with Crippen LogP contribution in [0, 0.1) is 13.8 Å². The minimum Gasteiger partial charge on any atom is -0.382 e. The minimum absolute atomic E-state index is 0.157. The number of ketones is 1. The average molecular weight is 358 g/mol. The van der Waals surface area contributed by atoms with E-state index in [0.717, 1.165) is 11.3 Å². The van der Waals surface area contributed by atoms with E-state index in [4.69, 9.17) is 17.3 Å². The third kappa shape index (κ3) is 3.27. The molecule has 2 aromatic carbocycles. The van der Waals surface area contributed by atoms with Gasteiger partial charge in [-0.25, -0.2) is 4.98 Å². The van der Waals surface area contributed by atoms with Crippen LogP contribution in [0.15, 0.2) is 42.5 Å². The van der Waals surface area contributed by atoms with Gasteiger partial charge in [-0.15, -0.1) is 0 Å². The molecule has 0 aliphatic carbocycles. The lowest BCUT2D eigenvalue weighted by Gasteiger charge is -2.08. The molecule has 0 radical (unpaired) electrons. The first-order valence-corrected chi connectivity index (χ1v) is 8.55. The Morgan fingerprint density at radius 3 is 2.58 bits per heavy atom. The second-order valence-corrected chi connectivity index (χ2v) is 6.88. The summed E-state index contributed by atoms with van der Waals surface area (Å²) >= 11 is 7.11. The van der Waals surface area contributed by atoms with E-state index in [-0.39, 0.29) is 11.6 Å². The van der Waals surface area contributed by atoms with Crippen molar-refractivity contribution in [3.05, 3.63) is 69.1 Å². The number of aryl methyl sites for hydroxylation is 1. The fraction of sp³-hybridized carbons (Fsp3) is 0.111. The van der Waals surface area contributed by atoms with E-state index in [2.05, 4.69) is 10.3 Å². The SMILES string of the molecule is Cc1cccc(Nc2nc(N)c(C(=O)c3ccc(Cl)cc3)s2)c1C. The van der Waals surface area contributed by atoms with Gasteiger partial charge < -0.3 is 11.1 Å². The molecular formula is C18H16ClN3OS. The summed E-state index contributed by atoms with van der Waals surface area (Å²) in [6, 6.07) is 12.7. The molecular weight excluding hydrogens is 342 g/mol. The van der Waals surface area contributed by atoms with Gasteiger partial charge in [0.05, 0.1) is 0 Å². The molecule has 3 aromatic rings. The summed E-state index contributed by atoms with van der Waals surface area (Å²) in [6.45, 7) is 4.08. The zero-order valence-electron chi connectivity index (χ0n) is 13.3. The summed E-state index contributed by atoms with van der Waals surface area (Å²) in [5, 5.41) is 4.42. The normalized spacial score (nSPS) is 10.6. The monoisotopic (exact) mass is 357 g/mol. The predicted octanol–water partition coefficient (Wildman–Crippen LogP) is 4.97. The van der Waals surface area contributed by atoms with Gasteiger partial charge in [-0.1, -0.05) is 35.1 Å². The molecule has 0 bridgehead atoms. The molecule has 0 unspecified atom stereocenters. The van der Waals surface area contributed by atoms with Crippen LogP contribution in [0.2, 0.25) is 5.02 Å². The fourth-order valence-corrected chi connectivity index (χ4v) is 3.27. The first kappa shape index (κ1) is 16.5. The maximum atomic E-state index is 12.6. The molecule has 0 aliphatic heterocycles. The highest BCUT2D eigenvalue weighted by Gasteiger charge is 2.18. The Balaban J connectivity index is 1.89. The summed E-state index contributed by atoms with van der Waals surface area (Å²) < 4.78 is 0. The second-order valence-electron chi connectivity index (χ2n) is 5.44. The van der Waals surface area contributed by atoms with Gasteiger partial charge in [-0.3, -0.25) is 4.79 Å². The van der Waals surface area contributed by atoms with Crippen LogP contribution in [-0.2, 0) is 0 Å². The third-order valence-electron chi connectivity index (χ3n) is 3.81. The van der Waals surface area contributed by atoms with Crippen molar-refractivity contribution in [2.75, 3.05) is 11.1 Å². The number of thiazole rings is 1. The number of nitrogens with two attached hydrogens (primary N) is 1. The number of hydrogen-bond donors (Lipinski definition) is 2. The van der Waals surface area contributed by atoms with Gasteiger partial charge in [0.15, 0.2) is 5.13 Å². The van der Waals surface area contributed by atoms with E-state index in [0.29, 0.717) is 20.6 Å². The van der Waals surface area contributed by atoms with Gasteiger partial charge in [0.2, 0.25) is 5.78 Å². The van der Waals surface area contributed by atoms with E-state index < -0.39 is 0 Å². The van der Waals surface area contributed by atoms with Crippen LogP contribution in [0.25, 0.3) is 0 Å². The van der Waals surface area contributed by atoms with Crippen molar-refractivity contribution in [2.24, 2.45) is 0 Å². The Kier molecular flexibility index (Phi) is 4.55. The highest BCUT2D eigenvalue weighted by molar-refractivity contribution is 7.18. The van der Waals surface area contributed by atoms with Crippen molar-refractivity contribution in [3.63, 3.8) is 0 Å². The molecule has 0 saturated carbocycles. The number of halogens is 1. The fourth-order valence-electron chi connectivity index (χ4n) is 2.28. The van der Waals surface area contributed by atoms with E-state index in [1.165, 1.54) is 16.9 Å². The topological polar surface area (TPSA) is 68.0 Å². The summed E-state index contributed by atoms with van der Waals surface area (Å²) in [7, 11) is 0. The van der Waals surface area contributed by atoms with Crippen LogP contribution < -0.4 is 11.1 Å². The van der Waals surface area contributed by atoms with Crippen LogP contribution in [0.1, 0.15) is 26.4 Å². The van der Waals surface area contributed by atoms with Gasteiger partial charge in [0.25, 0.3) is 0 Å². The highest BCUT2D eigenvalue weighted by atomic mass is 35.5. The van der Waals surface area contributed by atoms with Gasteiger partial charge >= 0.3 is 0 Å². The molecule has 0 fully saturated rings. The molecule has 24 heavy (non-hydrogen) atoms. The summed E-state index contributed by atoms with van der Waals surface area (Å²) in [4.78, 5) is 17.3. The maximum absolute atomic E-state index is 12.6. The molecule has 122 valence electrons. The molecule has 0 atom stereocenters. The molecule has 0 spiro atoms. The van der Waals surface area contributed by atoms with Crippen LogP contribution in [-0.4, -0.2) is 10.8 Å². The van der Waals surface area contributed by atoms with Gasteiger partial charge in [-0.05, 0) is 55.3 Å².